The summed E-state index contributed by atoms with van der Waals surface area (Å²) in [5.41, 5.74) is 3.26. The molecular weight excluding hydrogens is 384 g/mol. The lowest BCUT2D eigenvalue weighted by molar-refractivity contribution is -0.116. The number of halogens is 1. The Labute approximate surface area is 175 Å². The van der Waals surface area contributed by atoms with Crippen molar-refractivity contribution >= 4 is 29.5 Å². The monoisotopic (exact) mass is 404 g/mol. The lowest BCUT2D eigenvalue weighted by atomic mass is 9.98. The van der Waals surface area contributed by atoms with Gasteiger partial charge in [-0.25, -0.2) is 0 Å². The number of nitrogens with one attached hydrogen (secondary N) is 2. The van der Waals surface area contributed by atoms with E-state index in [0.29, 0.717) is 10.6 Å². The van der Waals surface area contributed by atoms with Crippen LogP contribution in [-0.2, 0) is 4.79 Å². The van der Waals surface area contributed by atoms with Gasteiger partial charge in [0.25, 0.3) is 5.91 Å². The van der Waals surface area contributed by atoms with Crippen LogP contribution in [0.25, 0.3) is 6.08 Å². The molecule has 3 rings (SSSR count). The van der Waals surface area contributed by atoms with Crippen LogP contribution in [0, 0.1) is 0 Å². The molecule has 4 nitrogen and oxygen atoms in total. The molecule has 0 fully saturated rings. The Morgan fingerprint density at radius 1 is 0.897 bits per heavy atom. The molecule has 0 aliphatic heterocycles. The van der Waals surface area contributed by atoms with Crippen LogP contribution in [0.2, 0.25) is 5.02 Å². The van der Waals surface area contributed by atoms with Gasteiger partial charge in [0, 0.05) is 23.7 Å². The maximum absolute atomic E-state index is 12.6. The maximum Gasteiger partial charge on any atom is 0.251 e. The summed E-state index contributed by atoms with van der Waals surface area (Å²) in [5, 5.41) is 6.23. The quantitative estimate of drug-likeness (QED) is 0.589. The molecule has 2 N–H and O–H groups in total. The fourth-order valence-corrected chi connectivity index (χ4v) is 3.14. The Balaban J connectivity index is 1.76. The van der Waals surface area contributed by atoms with Crippen molar-refractivity contribution in [3.05, 3.63) is 112 Å². The van der Waals surface area contributed by atoms with E-state index in [9.17, 15) is 9.59 Å². The Morgan fingerprint density at radius 2 is 1.59 bits per heavy atom. The lowest BCUT2D eigenvalue weighted by Crippen LogP contribution is -2.27. The molecule has 0 spiro atoms. The summed E-state index contributed by atoms with van der Waals surface area (Å²) in [4.78, 5) is 24.2. The van der Waals surface area contributed by atoms with E-state index in [1.54, 1.807) is 43.5 Å². The molecule has 0 saturated heterocycles. The van der Waals surface area contributed by atoms with Crippen molar-refractivity contribution in [2.24, 2.45) is 0 Å². The van der Waals surface area contributed by atoms with Gasteiger partial charge in [-0.15, -0.1) is 0 Å². The summed E-state index contributed by atoms with van der Waals surface area (Å²) in [6, 6.07) is 23.9. The standard InChI is InChI=1S/C24H21ClN2O2/c1-26-24(29)19-13-10-17(11-14-19)12-15-22(28)27-23(18-6-3-2-4-7-18)20-8-5-9-21(25)16-20/h2-16,23H,1H3,(H,26,29)(H,27,28)/b15-12+. The summed E-state index contributed by atoms with van der Waals surface area (Å²) in [6.07, 6.45) is 3.19. The zero-order valence-electron chi connectivity index (χ0n) is 15.9. The first-order chi connectivity index (χ1) is 14.1. The number of amides is 2. The largest absolute Gasteiger partial charge is 0.355 e. The molecule has 2 amide bonds. The lowest BCUT2D eigenvalue weighted by Gasteiger charge is -2.19. The number of carbonyl (C=O) groups excluding carboxylic acids is 2. The molecule has 1 atom stereocenters. The first-order valence-electron chi connectivity index (χ1n) is 9.18. The highest BCUT2D eigenvalue weighted by Gasteiger charge is 2.16. The highest BCUT2D eigenvalue weighted by atomic mass is 35.5. The number of hydrogen-bond donors (Lipinski definition) is 2. The van der Waals surface area contributed by atoms with Crippen molar-refractivity contribution < 1.29 is 9.59 Å². The second-order valence-corrected chi connectivity index (χ2v) is 6.88. The van der Waals surface area contributed by atoms with Crippen molar-refractivity contribution in [3.63, 3.8) is 0 Å². The smallest absolute Gasteiger partial charge is 0.251 e. The second-order valence-electron chi connectivity index (χ2n) is 6.44. The van der Waals surface area contributed by atoms with Crippen LogP contribution in [0.15, 0.2) is 84.9 Å². The molecule has 0 aliphatic carbocycles. The molecule has 0 bridgehead atoms. The first-order valence-corrected chi connectivity index (χ1v) is 9.56. The van der Waals surface area contributed by atoms with Gasteiger partial charge in [-0.2, -0.15) is 0 Å². The molecule has 0 heterocycles. The van der Waals surface area contributed by atoms with Crippen molar-refractivity contribution in [1.82, 2.24) is 10.6 Å². The van der Waals surface area contributed by atoms with Crippen molar-refractivity contribution in [3.8, 4) is 0 Å². The highest BCUT2D eigenvalue weighted by molar-refractivity contribution is 6.30. The Kier molecular flexibility index (Phi) is 6.82. The molecule has 29 heavy (non-hydrogen) atoms. The molecule has 3 aromatic rings. The van der Waals surface area contributed by atoms with Gasteiger partial charge in [-0.3, -0.25) is 9.59 Å². The molecule has 5 heteroatoms. The predicted octanol–water partition coefficient (Wildman–Crippen LogP) is 4.62. The highest BCUT2D eigenvalue weighted by Crippen LogP contribution is 2.24. The normalized spacial score (nSPS) is 11.8. The van der Waals surface area contributed by atoms with E-state index in [-0.39, 0.29) is 17.9 Å². The summed E-state index contributed by atoms with van der Waals surface area (Å²) >= 11 is 6.14. The summed E-state index contributed by atoms with van der Waals surface area (Å²) in [5.74, 6) is -0.375. The van der Waals surface area contributed by atoms with Gasteiger partial charge in [0.05, 0.1) is 6.04 Å². The number of benzene rings is 3. The molecule has 1 unspecified atom stereocenters. The average molecular weight is 405 g/mol. The third kappa shape index (κ3) is 5.56. The van der Waals surface area contributed by atoms with E-state index in [1.807, 2.05) is 48.5 Å². The van der Waals surface area contributed by atoms with Crippen LogP contribution >= 0.6 is 11.6 Å². The molecule has 146 valence electrons. The van der Waals surface area contributed by atoms with Gasteiger partial charge in [0.2, 0.25) is 5.91 Å². The SMILES string of the molecule is CNC(=O)c1ccc(/C=C/C(=O)NC(c2ccccc2)c2cccc(Cl)c2)cc1. The minimum atomic E-state index is -0.317. The third-order valence-electron chi connectivity index (χ3n) is 4.43. The van der Waals surface area contributed by atoms with Gasteiger partial charge < -0.3 is 10.6 Å². The van der Waals surface area contributed by atoms with Crippen LogP contribution in [0.4, 0.5) is 0 Å². The van der Waals surface area contributed by atoms with Crippen LogP contribution in [0.5, 0.6) is 0 Å². The van der Waals surface area contributed by atoms with E-state index < -0.39 is 0 Å². The van der Waals surface area contributed by atoms with E-state index in [1.165, 1.54) is 6.08 Å². The predicted molar refractivity (Wildman–Crippen MR) is 117 cm³/mol. The number of hydrogen-bond acceptors (Lipinski definition) is 2. The van der Waals surface area contributed by atoms with Gasteiger partial charge >= 0.3 is 0 Å². The van der Waals surface area contributed by atoms with Crippen LogP contribution in [0.1, 0.15) is 33.1 Å². The van der Waals surface area contributed by atoms with Gasteiger partial charge in [0.1, 0.15) is 0 Å². The van der Waals surface area contributed by atoms with Crippen LogP contribution < -0.4 is 10.6 Å². The Bertz CT molecular complexity index is 1010. The number of carbonyl (C=O) groups is 2. The second kappa shape index (κ2) is 9.71. The van der Waals surface area contributed by atoms with Crippen LogP contribution in [0.3, 0.4) is 0 Å². The van der Waals surface area contributed by atoms with Gasteiger partial charge in [0.15, 0.2) is 0 Å². The van der Waals surface area contributed by atoms with Crippen LogP contribution in [-0.4, -0.2) is 18.9 Å². The minimum Gasteiger partial charge on any atom is -0.355 e. The molecule has 0 aromatic heterocycles. The van der Waals surface area contributed by atoms with Gasteiger partial charge in [-0.05, 0) is 47.0 Å². The molecule has 0 saturated carbocycles. The average Bonchev–Trinajstić information content (AvgIpc) is 2.76. The van der Waals surface area contributed by atoms with Crippen molar-refractivity contribution in [2.75, 3.05) is 7.05 Å². The molecule has 0 aliphatic rings. The molecular formula is C24H21ClN2O2. The van der Waals surface area contributed by atoms with E-state index >= 15 is 0 Å². The van der Waals surface area contributed by atoms with Crippen molar-refractivity contribution in [1.29, 1.82) is 0 Å². The van der Waals surface area contributed by atoms with E-state index in [2.05, 4.69) is 10.6 Å². The molecule has 0 radical (unpaired) electrons. The summed E-state index contributed by atoms with van der Waals surface area (Å²) < 4.78 is 0. The Morgan fingerprint density at radius 3 is 2.24 bits per heavy atom. The first kappa shape index (κ1) is 20.4. The number of rotatable bonds is 6. The zero-order chi connectivity index (χ0) is 20.6. The van der Waals surface area contributed by atoms with Crippen molar-refractivity contribution in [2.45, 2.75) is 6.04 Å². The summed E-state index contributed by atoms with van der Waals surface area (Å²) in [6.45, 7) is 0. The zero-order valence-corrected chi connectivity index (χ0v) is 16.7. The fourth-order valence-electron chi connectivity index (χ4n) is 2.94. The van der Waals surface area contributed by atoms with E-state index in [4.69, 9.17) is 11.6 Å². The maximum atomic E-state index is 12.6. The summed E-state index contributed by atoms with van der Waals surface area (Å²) in [7, 11) is 1.59. The third-order valence-corrected chi connectivity index (χ3v) is 4.66. The molecule has 3 aromatic carbocycles. The van der Waals surface area contributed by atoms with Gasteiger partial charge in [-0.1, -0.05) is 66.2 Å². The van der Waals surface area contributed by atoms with E-state index in [0.717, 1.165) is 16.7 Å². The Hall–Kier alpha value is -3.37. The minimum absolute atomic E-state index is 0.148. The fraction of sp³-hybridized carbons (Fsp3) is 0.0833. The topological polar surface area (TPSA) is 58.2 Å².